The lowest BCUT2D eigenvalue weighted by Crippen LogP contribution is -2.44. The van der Waals surface area contributed by atoms with Crippen molar-refractivity contribution in [3.63, 3.8) is 0 Å². The molecule has 0 aliphatic carbocycles. The smallest absolute Gasteiger partial charge is 0.0459 e. The Balaban J connectivity index is 1.40. The molecule has 128 valence electrons. The predicted octanol–water partition coefficient (Wildman–Crippen LogP) is 3.80. The minimum Gasteiger partial charge on any atom is -0.357 e. The third-order valence-corrected chi connectivity index (χ3v) is 5.86. The van der Waals surface area contributed by atoms with Crippen LogP contribution in [-0.2, 0) is 19.5 Å². The lowest BCUT2D eigenvalue weighted by Gasteiger charge is -2.35. The number of benzene rings is 2. The molecule has 1 aromatic heterocycles. The number of fused-ring (bicyclic) bond motifs is 4. The molecule has 1 atom stereocenters. The molecule has 0 unspecified atom stereocenters. The van der Waals surface area contributed by atoms with Crippen molar-refractivity contribution in [2.75, 3.05) is 19.6 Å². The fraction of sp³-hybridized carbons (Fsp3) is 0.364. The fourth-order valence-electron chi connectivity index (χ4n) is 4.63. The van der Waals surface area contributed by atoms with Gasteiger partial charge >= 0.3 is 0 Å². The maximum atomic E-state index is 3.67. The van der Waals surface area contributed by atoms with Crippen molar-refractivity contribution in [2.24, 2.45) is 0 Å². The average Bonchev–Trinajstić information content (AvgIpc) is 2.88. The highest BCUT2D eigenvalue weighted by Crippen LogP contribution is 2.31. The molecule has 0 saturated carbocycles. The molecular weight excluding hydrogens is 306 g/mol. The molecule has 2 aliphatic heterocycles. The minimum absolute atomic E-state index is 0.637. The second kappa shape index (κ2) is 6.32. The van der Waals surface area contributed by atoms with Crippen molar-refractivity contribution in [1.29, 1.82) is 0 Å². The van der Waals surface area contributed by atoms with Crippen molar-refractivity contribution in [3.05, 3.63) is 71.4 Å². The largest absolute Gasteiger partial charge is 0.357 e. The summed E-state index contributed by atoms with van der Waals surface area (Å²) in [5, 5.41) is 1.43. The van der Waals surface area contributed by atoms with Crippen LogP contribution in [0, 0.1) is 0 Å². The average molecular weight is 331 g/mol. The van der Waals surface area contributed by atoms with E-state index in [1.54, 1.807) is 5.56 Å². The Morgan fingerprint density at radius 3 is 2.72 bits per heavy atom. The molecular formula is C22H25N3. The molecule has 1 fully saturated rings. The molecule has 0 bridgehead atoms. The van der Waals surface area contributed by atoms with Gasteiger partial charge in [-0.05, 0) is 36.6 Å². The van der Waals surface area contributed by atoms with E-state index in [0.29, 0.717) is 6.04 Å². The number of hydrogen-bond acceptors (Lipinski definition) is 2. The van der Waals surface area contributed by atoms with E-state index < -0.39 is 0 Å². The number of rotatable bonds is 2. The summed E-state index contributed by atoms with van der Waals surface area (Å²) in [4.78, 5) is 9.01. The molecule has 0 amide bonds. The second-order valence-corrected chi connectivity index (χ2v) is 7.53. The van der Waals surface area contributed by atoms with Gasteiger partial charge in [-0.25, -0.2) is 0 Å². The van der Waals surface area contributed by atoms with Crippen molar-refractivity contribution >= 4 is 10.9 Å². The van der Waals surface area contributed by atoms with Gasteiger partial charge in [0.25, 0.3) is 0 Å². The van der Waals surface area contributed by atoms with Crippen LogP contribution in [0.1, 0.15) is 23.2 Å². The van der Waals surface area contributed by atoms with Crippen LogP contribution in [0.25, 0.3) is 10.9 Å². The van der Waals surface area contributed by atoms with Crippen molar-refractivity contribution in [3.8, 4) is 0 Å². The summed E-state index contributed by atoms with van der Waals surface area (Å²) < 4.78 is 0. The number of hydrogen-bond donors (Lipinski definition) is 1. The molecule has 0 radical (unpaired) electrons. The highest BCUT2D eigenvalue weighted by molar-refractivity contribution is 5.84. The number of H-pyrrole nitrogens is 1. The lowest BCUT2D eigenvalue weighted by molar-refractivity contribution is 0.154. The number of para-hydroxylation sites is 1. The third kappa shape index (κ3) is 2.88. The van der Waals surface area contributed by atoms with Gasteiger partial charge in [0, 0.05) is 48.8 Å². The molecule has 3 nitrogen and oxygen atoms in total. The molecule has 3 heteroatoms. The maximum absolute atomic E-state index is 3.67. The van der Waals surface area contributed by atoms with Crippen LogP contribution >= 0.6 is 0 Å². The van der Waals surface area contributed by atoms with E-state index in [9.17, 15) is 0 Å². The first kappa shape index (κ1) is 15.2. The molecule has 5 rings (SSSR count). The Hall–Kier alpha value is -2.10. The first-order chi connectivity index (χ1) is 12.4. The van der Waals surface area contributed by atoms with Crippen molar-refractivity contribution in [1.82, 2.24) is 14.8 Å². The second-order valence-electron chi connectivity index (χ2n) is 7.53. The van der Waals surface area contributed by atoms with Crippen LogP contribution in [0.3, 0.4) is 0 Å². The summed E-state index contributed by atoms with van der Waals surface area (Å²) in [6.45, 7) is 5.74. The van der Waals surface area contributed by atoms with Gasteiger partial charge in [0.15, 0.2) is 0 Å². The highest BCUT2D eigenvalue weighted by Gasteiger charge is 2.31. The standard InChI is InChI=1S/C22H25N3/c1-2-7-17(8-3-1)14-24-11-6-12-25-16-22-20(13-18(25)15-24)19-9-4-5-10-21(19)23-22/h1-5,7-10,18,23H,6,11-16H2/t18-/m0/s1. The summed E-state index contributed by atoms with van der Waals surface area (Å²) in [5.74, 6) is 0. The van der Waals surface area contributed by atoms with E-state index in [4.69, 9.17) is 0 Å². The van der Waals surface area contributed by atoms with Crippen molar-refractivity contribution in [2.45, 2.75) is 32.0 Å². The molecule has 2 aromatic carbocycles. The molecule has 25 heavy (non-hydrogen) atoms. The van der Waals surface area contributed by atoms with Gasteiger partial charge in [-0.2, -0.15) is 0 Å². The number of aromatic nitrogens is 1. The predicted molar refractivity (Wildman–Crippen MR) is 103 cm³/mol. The van der Waals surface area contributed by atoms with Crippen LogP contribution in [0.2, 0.25) is 0 Å². The van der Waals surface area contributed by atoms with E-state index in [2.05, 4.69) is 69.4 Å². The zero-order chi connectivity index (χ0) is 16.6. The SMILES string of the molecule is c1ccc(CN2CCCN3Cc4[nH]c5ccccc5c4C[C@H]3C2)cc1. The van der Waals surface area contributed by atoms with Crippen LogP contribution < -0.4 is 0 Å². The number of aromatic amines is 1. The summed E-state index contributed by atoms with van der Waals surface area (Å²) in [7, 11) is 0. The van der Waals surface area contributed by atoms with Gasteiger partial charge in [0.1, 0.15) is 0 Å². The zero-order valence-electron chi connectivity index (χ0n) is 14.6. The first-order valence-corrected chi connectivity index (χ1v) is 9.45. The minimum atomic E-state index is 0.637. The van der Waals surface area contributed by atoms with Crippen LogP contribution in [0.4, 0.5) is 0 Å². The maximum Gasteiger partial charge on any atom is 0.0459 e. The van der Waals surface area contributed by atoms with Crippen molar-refractivity contribution < 1.29 is 0 Å². The topological polar surface area (TPSA) is 22.3 Å². The van der Waals surface area contributed by atoms with E-state index >= 15 is 0 Å². The quantitative estimate of drug-likeness (QED) is 0.771. The third-order valence-electron chi connectivity index (χ3n) is 5.86. The van der Waals surface area contributed by atoms with Crippen LogP contribution in [-0.4, -0.2) is 40.5 Å². The van der Waals surface area contributed by atoms with E-state index in [0.717, 1.165) is 13.1 Å². The Kier molecular flexibility index (Phi) is 3.84. The summed E-state index contributed by atoms with van der Waals surface area (Å²) in [6, 6.07) is 20.3. The van der Waals surface area contributed by atoms with Gasteiger partial charge in [0.05, 0.1) is 0 Å². The lowest BCUT2D eigenvalue weighted by atomic mass is 9.96. The Labute approximate surface area is 149 Å². The summed E-state index contributed by atoms with van der Waals surface area (Å²) in [6.07, 6.45) is 2.43. The van der Waals surface area contributed by atoms with Gasteiger partial charge in [-0.3, -0.25) is 9.80 Å². The molecule has 0 spiro atoms. The Bertz CT molecular complexity index is 867. The fourth-order valence-corrected chi connectivity index (χ4v) is 4.63. The van der Waals surface area contributed by atoms with Crippen LogP contribution in [0.5, 0.6) is 0 Å². The number of nitrogens with zero attached hydrogens (tertiary/aromatic N) is 2. The Morgan fingerprint density at radius 2 is 1.80 bits per heavy atom. The molecule has 1 saturated heterocycles. The Morgan fingerprint density at radius 1 is 0.960 bits per heavy atom. The van der Waals surface area contributed by atoms with E-state index in [-0.39, 0.29) is 0 Å². The molecule has 1 N–H and O–H groups in total. The summed E-state index contributed by atoms with van der Waals surface area (Å²) >= 11 is 0. The molecule has 3 aromatic rings. The zero-order valence-corrected chi connectivity index (χ0v) is 14.6. The van der Waals surface area contributed by atoms with Gasteiger partial charge in [-0.15, -0.1) is 0 Å². The van der Waals surface area contributed by atoms with Crippen LogP contribution in [0.15, 0.2) is 54.6 Å². The van der Waals surface area contributed by atoms with Gasteiger partial charge < -0.3 is 4.98 Å². The number of nitrogens with one attached hydrogen (secondary N) is 1. The first-order valence-electron chi connectivity index (χ1n) is 9.45. The van der Waals surface area contributed by atoms with Gasteiger partial charge in [-0.1, -0.05) is 48.5 Å². The summed E-state index contributed by atoms with van der Waals surface area (Å²) in [5.41, 5.74) is 5.72. The normalized spacial score (nSPS) is 21.7. The monoisotopic (exact) mass is 331 g/mol. The van der Waals surface area contributed by atoms with Gasteiger partial charge in [0.2, 0.25) is 0 Å². The highest BCUT2D eigenvalue weighted by atomic mass is 15.2. The van der Waals surface area contributed by atoms with E-state index in [1.165, 1.54) is 54.6 Å². The molecule has 2 aliphatic rings. The van der Waals surface area contributed by atoms with E-state index in [1.807, 2.05) is 0 Å². The molecule has 3 heterocycles.